The third-order valence-corrected chi connectivity index (χ3v) is 3.91. The topological polar surface area (TPSA) is 62.5 Å². The van der Waals surface area contributed by atoms with E-state index in [2.05, 4.69) is 32.2 Å². The van der Waals surface area contributed by atoms with Crippen molar-refractivity contribution in [3.05, 3.63) is 36.1 Å². The summed E-state index contributed by atoms with van der Waals surface area (Å²) in [5.41, 5.74) is 2.05. The van der Waals surface area contributed by atoms with Gasteiger partial charge in [0.05, 0.1) is 12.2 Å². The number of hydrogen-bond acceptors (Lipinski definition) is 3. The number of aliphatic carboxylic acids is 1. The summed E-state index contributed by atoms with van der Waals surface area (Å²) in [6.45, 7) is 6.69. The Bertz CT molecular complexity index is 618. The second kappa shape index (κ2) is 7.45. The standard InChI is InChI=1S/C18H25NO3/c1-12(2)8-14(18(20)21)10-19-13(3)9-15-11-22-17-7-5-4-6-16(15)17/h4-7,11-14,19H,8-10H2,1-3H3,(H,20,21). The van der Waals surface area contributed by atoms with Gasteiger partial charge in [-0.2, -0.15) is 0 Å². The van der Waals surface area contributed by atoms with E-state index >= 15 is 0 Å². The number of rotatable bonds is 8. The zero-order valence-corrected chi connectivity index (χ0v) is 13.5. The number of benzene rings is 1. The fourth-order valence-electron chi connectivity index (χ4n) is 2.78. The highest BCUT2D eigenvalue weighted by Crippen LogP contribution is 2.22. The largest absolute Gasteiger partial charge is 0.481 e. The van der Waals surface area contributed by atoms with Gasteiger partial charge in [-0.1, -0.05) is 32.0 Å². The molecule has 0 spiro atoms. The normalized spacial score (nSPS) is 14.4. The van der Waals surface area contributed by atoms with Crippen molar-refractivity contribution in [3.8, 4) is 0 Å². The van der Waals surface area contributed by atoms with E-state index in [-0.39, 0.29) is 12.0 Å². The van der Waals surface area contributed by atoms with Gasteiger partial charge in [-0.05, 0) is 37.3 Å². The number of hydrogen-bond donors (Lipinski definition) is 2. The van der Waals surface area contributed by atoms with Gasteiger partial charge in [-0.15, -0.1) is 0 Å². The molecule has 2 N–H and O–H groups in total. The van der Waals surface area contributed by atoms with Crippen LogP contribution in [0, 0.1) is 11.8 Å². The first-order valence-corrected chi connectivity index (χ1v) is 7.88. The van der Waals surface area contributed by atoms with Gasteiger partial charge in [-0.25, -0.2) is 0 Å². The molecule has 4 nitrogen and oxygen atoms in total. The molecule has 0 fully saturated rings. The molecule has 0 radical (unpaired) electrons. The number of carboxylic acid groups (broad SMARTS) is 1. The molecule has 0 aliphatic heterocycles. The molecule has 2 aromatic rings. The Kier molecular flexibility index (Phi) is 5.61. The summed E-state index contributed by atoms with van der Waals surface area (Å²) >= 11 is 0. The molecular formula is C18H25NO3. The van der Waals surface area contributed by atoms with Crippen molar-refractivity contribution in [3.63, 3.8) is 0 Å². The van der Waals surface area contributed by atoms with Gasteiger partial charge in [0, 0.05) is 18.0 Å². The highest BCUT2D eigenvalue weighted by molar-refractivity contribution is 5.80. The van der Waals surface area contributed by atoms with Crippen LogP contribution in [0.2, 0.25) is 0 Å². The van der Waals surface area contributed by atoms with E-state index in [0.717, 1.165) is 23.0 Å². The molecule has 1 aromatic heterocycles. The first kappa shape index (κ1) is 16.6. The molecule has 2 rings (SSSR count). The van der Waals surface area contributed by atoms with Crippen LogP contribution in [0.5, 0.6) is 0 Å². The molecule has 1 heterocycles. The Hall–Kier alpha value is -1.81. The van der Waals surface area contributed by atoms with Crippen LogP contribution in [-0.4, -0.2) is 23.7 Å². The van der Waals surface area contributed by atoms with Crippen molar-refractivity contribution >= 4 is 16.9 Å². The van der Waals surface area contributed by atoms with E-state index in [1.54, 1.807) is 6.26 Å². The Morgan fingerprint density at radius 3 is 2.68 bits per heavy atom. The average molecular weight is 303 g/mol. The summed E-state index contributed by atoms with van der Waals surface area (Å²) in [4.78, 5) is 11.3. The lowest BCUT2D eigenvalue weighted by Crippen LogP contribution is -2.36. The van der Waals surface area contributed by atoms with Crippen LogP contribution >= 0.6 is 0 Å². The Morgan fingerprint density at radius 2 is 2.00 bits per heavy atom. The molecule has 2 atom stereocenters. The van der Waals surface area contributed by atoms with Crippen LogP contribution in [0.4, 0.5) is 0 Å². The van der Waals surface area contributed by atoms with Gasteiger partial charge in [0.1, 0.15) is 5.58 Å². The van der Waals surface area contributed by atoms with Crippen LogP contribution in [0.25, 0.3) is 11.0 Å². The van der Waals surface area contributed by atoms with Gasteiger partial charge in [0.2, 0.25) is 0 Å². The molecule has 0 aliphatic carbocycles. The predicted octanol–water partition coefficient (Wildman–Crippen LogP) is 3.70. The smallest absolute Gasteiger partial charge is 0.307 e. The van der Waals surface area contributed by atoms with E-state index in [4.69, 9.17) is 4.42 Å². The van der Waals surface area contributed by atoms with Crippen molar-refractivity contribution in [1.82, 2.24) is 5.32 Å². The molecule has 0 amide bonds. The van der Waals surface area contributed by atoms with Crippen molar-refractivity contribution in [2.75, 3.05) is 6.54 Å². The lowest BCUT2D eigenvalue weighted by molar-refractivity contribution is -0.142. The van der Waals surface area contributed by atoms with E-state index in [1.807, 2.05) is 18.2 Å². The Labute approximate surface area is 131 Å². The third kappa shape index (κ3) is 4.34. The van der Waals surface area contributed by atoms with Crippen LogP contribution < -0.4 is 5.32 Å². The molecular weight excluding hydrogens is 278 g/mol. The van der Waals surface area contributed by atoms with Crippen molar-refractivity contribution in [2.24, 2.45) is 11.8 Å². The lowest BCUT2D eigenvalue weighted by atomic mass is 9.96. The first-order chi connectivity index (χ1) is 10.5. The molecule has 0 saturated carbocycles. The number of furan rings is 1. The maximum atomic E-state index is 11.3. The van der Waals surface area contributed by atoms with Gasteiger partial charge in [0.25, 0.3) is 0 Å². The maximum Gasteiger partial charge on any atom is 0.307 e. The van der Waals surface area contributed by atoms with Crippen LogP contribution in [0.15, 0.2) is 34.9 Å². The summed E-state index contributed by atoms with van der Waals surface area (Å²) in [6, 6.07) is 8.18. The third-order valence-electron chi connectivity index (χ3n) is 3.91. The molecule has 1 aromatic carbocycles. The summed E-state index contributed by atoms with van der Waals surface area (Å²) in [6.07, 6.45) is 3.32. The molecule has 22 heavy (non-hydrogen) atoms. The second-order valence-electron chi connectivity index (χ2n) is 6.44. The van der Waals surface area contributed by atoms with Crippen molar-refractivity contribution in [1.29, 1.82) is 0 Å². The minimum absolute atomic E-state index is 0.204. The van der Waals surface area contributed by atoms with E-state index < -0.39 is 5.97 Å². The van der Waals surface area contributed by atoms with Crippen molar-refractivity contribution in [2.45, 2.75) is 39.7 Å². The summed E-state index contributed by atoms with van der Waals surface area (Å²) in [5.74, 6) is -0.665. The van der Waals surface area contributed by atoms with Crippen LogP contribution in [0.1, 0.15) is 32.8 Å². The maximum absolute atomic E-state index is 11.3. The molecule has 120 valence electrons. The number of carbonyl (C=O) groups is 1. The summed E-state index contributed by atoms with van der Waals surface area (Å²) in [5, 5.41) is 13.8. The summed E-state index contributed by atoms with van der Waals surface area (Å²) in [7, 11) is 0. The minimum Gasteiger partial charge on any atom is -0.481 e. The minimum atomic E-state index is -0.720. The van der Waals surface area contributed by atoms with Crippen molar-refractivity contribution < 1.29 is 14.3 Å². The van der Waals surface area contributed by atoms with Gasteiger partial charge in [0.15, 0.2) is 0 Å². The zero-order chi connectivity index (χ0) is 16.1. The van der Waals surface area contributed by atoms with Crippen LogP contribution in [0.3, 0.4) is 0 Å². The molecule has 0 aliphatic rings. The number of fused-ring (bicyclic) bond motifs is 1. The monoisotopic (exact) mass is 303 g/mol. The van der Waals surface area contributed by atoms with Crippen LogP contribution in [-0.2, 0) is 11.2 Å². The molecule has 2 unspecified atom stereocenters. The number of nitrogens with one attached hydrogen (secondary N) is 1. The number of para-hydroxylation sites is 1. The van der Waals surface area contributed by atoms with E-state index in [0.29, 0.717) is 18.9 Å². The van der Waals surface area contributed by atoms with Gasteiger partial charge in [-0.3, -0.25) is 4.79 Å². The van der Waals surface area contributed by atoms with Gasteiger partial charge < -0.3 is 14.8 Å². The molecule has 0 saturated heterocycles. The van der Waals surface area contributed by atoms with E-state index in [1.165, 1.54) is 0 Å². The molecule has 0 bridgehead atoms. The first-order valence-electron chi connectivity index (χ1n) is 7.88. The highest BCUT2D eigenvalue weighted by Gasteiger charge is 2.19. The predicted molar refractivity (Wildman–Crippen MR) is 88.0 cm³/mol. The quantitative estimate of drug-likeness (QED) is 0.780. The average Bonchev–Trinajstić information content (AvgIpc) is 2.86. The SMILES string of the molecule is CC(C)CC(CNC(C)Cc1coc2ccccc12)C(=O)O. The fourth-order valence-corrected chi connectivity index (χ4v) is 2.78. The fraction of sp³-hybridized carbons (Fsp3) is 0.500. The Morgan fingerprint density at radius 1 is 1.27 bits per heavy atom. The highest BCUT2D eigenvalue weighted by atomic mass is 16.4. The zero-order valence-electron chi connectivity index (χ0n) is 13.5. The molecule has 4 heteroatoms. The number of carboxylic acids is 1. The lowest BCUT2D eigenvalue weighted by Gasteiger charge is -2.19. The Balaban J connectivity index is 1.92. The van der Waals surface area contributed by atoms with E-state index in [9.17, 15) is 9.90 Å². The summed E-state index contributed by atoms with van der Waals surface area (Å²) < 4.78 is 5.54. The van der Waals surface area contributed by atoms with Gasteiger partial charge >= 0.3 is 5.97 Å². The second-order valence-corrected chi connectivity index (χ2v) is 6.44.